The zero-order chi connectivity index (χ0) is 26.4. The van der Waals surface area contributed by atoms with Crippen LogP contribution in [0.15, 0.2) is 146 Å². The van der Waals surface area contributed by atoms with E-state index in [1.54, 1.807) is 0 Å². The zero-order valence-electron chi connectivity index (χ0n) is 21.1. The van der Waals surface area contributed by atoms with Gasteiger partial charge in [0, 0.05) is 7.14 Å². The van der Waals surface area contributed by atoms with Gasteiger partial charge < -0.3 is 0 Å². The van der Waals surface area contributed by atoms with Gasteiger partial charge in [-0.1, -0.05) is 121 Å². The molecule has 0 saturated heterocycles. The lowest BCUT2D eigenvalue weighted by Gasteiger charge is -2.34. The number of fused-ring (bicyclic) bond motifs is 3. The standard InChI is InChI=1S/C37H24I2/c38-31-21-13-27(14-22-31)25-9-17-29(18-10-25)37(30-19-11-26(12-20-30)28-15-23-32(39)24-16-28)35-7-3-1-5-33(35)34-6-2-4-8-36(34)37/h1-24H. The zero-order valence-corrected chi connectivity index (χ0v) is 25.4. The quantitative estimate of drug-likeness (QED) is 0.159. The summed E-state index contributed by atoms with van der Waals surface area (Å²) in [5, 5.41) is 0. The smallest absolute Gasteiger partial charge is 0.0619 e. The number of benzene rings is 6. The lowest BCUT2D eigenvalue weighted by molar-refractivity contribution is 0.769. The molecular formula is C37H24I2. The Morgan fingerprint density at radius 1 is 0.333 bits per heavy atom. The van der Waals surface area contributed by atoms with E-state index in [2.05, 4.69) is 191 Å². The van der Waals surface area contributed by atoms with E-state index >= 15 is 0 Å². The number of rotatable bonds is 4. The van der Waals surface area contributed by atoms with Crippen molar-refractivity contribution in [1.29, 1.82) is 0 Å². The molecule has 0 nitrogen and oxygen atoms in total. The van der Waals surface area contributed by atoms with Gasteiger partial charge in [0.15, 0.2) is 0 Å². The van der Waals surface area contributed by atoms with E-state index in [4.69, 9.17) is 0 Å². The predicted molar refractivity (Wildman–Crippen MR) is 180 cm³/mol. The Morgan fingerprint density at radius 2 is 0.641 bits per heavy atom. The molecule has 0 atom stereocenters. The highest BCUT2D eigenvalue weighted by molar-refractivity contribution is 14.1. The van der Waals surface area contributed by atoms with Crippen LogP contribution in [0.5, 0.6) is 0 Å². The summed E-state index contributed by atoms with van der Waals surface area (Å²) >= 11 is 4.73. The highest BCUT2D eigenvalue weighted by Crippen LogP contribution is 2.56. The highest BCUT2D eigenvalue weighted by atomic mass is 127. The number of halogens is 2. The van der Waals surface area contributed by atoms with Gasteiger partial charge in [0.2, 0.25) is 0 Å². The first-order chi connectivity index (χ1) is 19.1. The molecule has 6 aromatic rings. The first kappa shape index (κ1) is 24.8. The molecule has 1 aliphatic rings. The summed E-state index contributed by atoms with van der Waals surface area (Å²) in [5.41, 5.74) is 12.5. The van der Waals surface area contributed by atoms with Gasteiger partial charge in [-0.3, -0.25) is 0 Å². The van der Waals surface area contributed by atoms with E-state index in [-0.39, 0.29) is 5.41 Å². The fourth-order valence-corrected chi connectivity index (χ4v) is 6.85. The third-order valence-electron chi connectivity index (χ3n) is 7.94. The van der Waals surface area contributed by atoms with E-state index in [0.717, 1.165) is 0 Å². The fraction of sp³-hybridized carbons (Fsp3) is 0.0270. The van der Waals surface area contributed by atoms with Crippen LogP contribution >= 0.6 is 45.2 Å². The molecule has 0 radical (unpaired) electrons. The van der Waals surface area contributed by atoms with Crippen LogP contribution in [0.25, 0.3) is 33.4 Å². The third-order valence-corrected chi connectivity index (χ3v) is 9.38. The fourth-order valence-electron chi connectivity index (χ4n) is 6.13. The van der Waals surface area contributed by atoms with Crippen molar-refractivity contribution >= 4 is 45.2 Å². The van der Waals surface area contributed by atoms with Crippen molar-refractivity contribution in [3.63, 3.8) is 0 Å². The summed E-state index contributed by atoms with van der Waals surface area (Å²) in [6.07, 6.45) is 0. The Bertz CT molecular complexity index is 1640. The van der Waals surface area contributed by atoms with Crippen molar-refractivity contribution in [3.05, 3.63) is 175 Å². The number of hydrogen-bond acceptors (Lipinski definition) is 0. The van der Waals surface area contributed by atoms with Crippen LogP contribution in [0.4, 0.5) is 0 Å². The third kappa shape index (κ3) is 4.16. The second-order valence-electron chi connectivity index (χ2n) is 10.0. The van der Waals surface area contributed by atoms with Crippen molar-refractivity contribution < 1.29 is 0 Å². The molecule has 0 heterocycles. The van der Waals surface area contributed by atoms with Crippen molar-refractivity contribution in [1.82, 2.24) is 0 Å². The SMILES string of the molecule is Ic1ccc(-c2ccc(C3(c4ccc(-c5ccc(I)cc5)cc4)c4ccccc4-c4ccccc43)cc2)cc1. The molecular weight excluding hydrogens is 698 g/mol. The molecule has 0 unspecified atom stereocenters. The second-order valence-corrected chi connectivity index (χ2v) is 12.5. The molecule has 186 valence electrons. The maximum Gasteiger partial charge on any atom is 0.0713 e. The summed E-state index contributed by atoms with van der Waals surface area (Å²) < 4.78 is 2.50. The molecule has 0 N–H and O–H groups in total. The Balaban J connectivity index is 1.43. The van der Waals surface area contributed by atoms with Crippen LogP contribution in [0.2, 0.25) is 0 Å². The minimum atomic E-state index is -0.387. The van der Waals surface area contributed by atoms with Gasteiger partial charge in [-0.15, -0.1) is 0 Å². The summed E-state index contributed by atoms with van der Waals surface area (Å²) in [5.74, 6) is 0. The lowest BCUT2D eigenvalue weighted by atomic mass is 9.67. The summed E-state index contributed by atoms with van der Waals surface area (Å²) in [6.45, 7) is 0. The maximum atomic E-state index is 2.36. The molecule has 6 aromatic carbocycles. The molecule has 0 saturated carbocycles. The van der Waals surface area contributed by atoms with Crippen LogP contribution in [-0.4, -0.2) is 0 Å². The lowest BCUT2D eigenvalue weighted by Crippen LogP contribution is -2.28. The molecule has 0 spiro atoms. The minimum Gasteiger partial charge on any atom is -0.0619 e. The Kier molecular flexibility index (Phi) is 6.40. The molecule has 0 fully saturated rings. The molecule has 0 aromatic heterocycles. The average molecular weight is 722 g/mol. The monoisotopic (exact) mass is 722 g/mol. The van der Waals surface area contributed by atoms with Gasteiger partial charge in [-0.05, 0) is 125 Å². The van der Waals surface area contributed by atoms with Gasteiger partial charge in [0.25, 0.3) is 0 Å². The highest BCUT2D eigenvalue weighted by Gasteiger charge is 2.45. The van der Waals surface area contributed by atoms with Gasteiger partial charge in [0.05, 0.1) is 5.41 Å². The van der Waals surface area contributed by atoms with Crippen LogP contribution in [-0.2, 0) is 5.41 Å². The van der Waals surface area contributed by atoms with Gasteiger partial charge in [-0.2, -0.15) is 0 Å². The molecule has 0 bridgehead atoms. The first-order valence-corrected chi connectivity index (χ1v) is 15.2. The van der Waals surface area contributed by atoms with E-state index < -0.39 is 0 Å². The normalized spacial score (nSPS) is 13.1. The minimum absolute atomic E-state index is 0.387. The van der Waals surface area contributed by atoms with Crippen LogP contribution in [0, 0.1) is 7.14 Å². The maximum absolute atomic E-state index is 2.36. The first-order valence-electron chi connectivity index (χ1n) is 13.1. The molecule has 0 aliphatic heterocycles. The second kappa shape index (κ2) is 10.1. The van der Waals surface area contributed by atoms with Gasteiger partial charge in [-0.25, -0.2) is 0 Å². The Labute approximate surface area is 257 Å². The molecule has 7 rings (SSSR count). The van der Waals surface area contributed by atoms with Crippen LogP contribution in [0.3, 0.4) is 0 Å². The van der Waals surface area contributed by atoms with E-state index in [9.17, 15) is 0 Å². The molecule has 0 amide bonds. The predicted octanol–water partition coefficient (Wildman–Crippen LogP) is 10.6. The molecule has 2 heteroatoms. The summed E-state index contributed by atoms with van der Waals surface area (Å²) in [7, 11) is 0. The number of hydrogen-bond donors (Lipinski definition) is 0. The van der Waals surface area contributed by atoms with E-state index in [0.29, 0.717) is 0 Å². The van der Waals surface area contributed by atoms with Crippen LogP contribution < -0.4 is 0 Å². The van der Waals surface area contributed by atoms with Gasteiger partial charge in [0.1, 0.15) is 0 Å². The van der Waals surface area contributed by atoms with E-state index in [1.165, 1.54) is 62.8 Å². The van der Waals surface area contributed by atoms with E-state index in [1.807, 2.05) is 0 Å². The van der Waals surface area contributed by atoms with Crippen molar-refractivity contribution in [2.45, 2.75) is 5.41 Å². The topological polar surface area (TPSA) is 0 Å². The summed E-state index contributed by atoms with van der Waals surface area (Å²) in [6, 6.07) is 53.8. The Hall–Kier alpha value is -3.22. The largest absolute Gasteiger partial charge is 0.0713 e. The Morgan fingerprint density at radius 3 is 1.00 bits per heavy atom. The van der Waals surface area contributed by atoms with Crippen molar-refractivity contribution in [2.75, 3.05) is 0 Å². The average Bonchev–Trinajstić information content (AvgIpc) is 3.29. The summed E-state index contributed by atoms with van der Waals surface area (Å²) in [4.78, 5) is 0. The van der Waals surface area contributed by atoms with Crippen molar-refractivity contribution in [2.24, 2.45) is 0 Å². The molecule has 39 heavy (non-hydrogen) atoms. The molecule has 1 aliphatic carbocycles. The van der Waals surface area contributed by atoms with Gasteiger partial charge >= 0.3 is 0 Å². The van der Waals surface area contributed by atoms with Crippen molar-refractivity contribution in [3.8, 4) is 33.4 Å². The van der Waals surface area contributed by atoms with Crippen LogP contribution in [0.1, 0.15) is 22.3 Å².